The molecular formula is C22H22Si2. The molecule has 0 bridgehead atoms. The van der Waals surface area contributed by atoms with Gasteiger partial charge in [-0.05, 0) is 24.0 Å². The molecule has 3 aromatic rings. The van der Waals surface area contributed by atoms with E-state index >= 15 is 0 Å². The summed E-state index contributed by atoms with van der Waals surface area (Å²) in [6, 6.07) is 33.4. The van der Waals surface area contributed by atoms with E-state index in [0.29, 0.717) is 0 Å². The van der Waals surface area contributed by atoms with E-state index in [1.807, 2.05) is 0 Å². The minimum Gasteiger partial charge on any atom is -0.0642 e. The van der Waals surface area contributed by atoms with Gasteiger partial charge >= 0.3 is 0 Å². The van der Waals surface area contributed by atoms with Crippen LogP contribution in [0.15, 0.2) is 84.9 Å². The quantitative estimate of drug-likeness (QED) is 0.548. The lowest BCUT2D eigenvalue weighted by atomic mass is 10.1. The van der Waals surface area contributed by atoms with Crippen molar-refractivity contribution in [1.82, 2.24) is 0 Å². The van der Waals surface area contributed by atoms with Crippen LogP contribution >= 0.6 is 0 Å². The lowest BCUT2D eigenvalue weighted by molar-refractivity contribution is 1.09. The van der Waals surface area contributed by atoms with Crippen molar-refractivity contribution in [3.63, 3.8) is 0 Å². The second kappa shape index (κ2) is 9.40. The van der Waals surface area contributed by atoms with Gasteiger partial charge in [-0.25, -0.2) is 0 Å². The van der Waals surface area contributed by atoms with Crippen LogP contribution in [0.2, 0.25) is 12.1 Å². The van der Waals surface area contributed by atoms with Crippen LogP contribution in [-0.4, -0.2) is 19.0 Å². The van der Waals surface area contributed by atoms with Gasteiger partial charge in [0.25, 0.3) is 0 Å². The van der Waals surface area contributed by atoms with Crippen molar-refractivity contribution in [1.29, 1.82) is 0 Å². The van der Waals surface area contributed by atoms with Crippen molar-refractivity contribution in [2.75, 3.05) is 0 Å². The highest BCUT2D eigenvalue weighted by atomic mass is 28.2. The Hall–Kier alpha value is -1.91. The smallest absolute Gasteiger partial charge is 0.0642 e. The van der Waals surface area contributed by atoms with E-state index in [1.54, 1.807) is 0 Å². The van der Waals surface area contributed by atoms with Gasteiger partial charge in [-0.2, -0.15) is 0 Å². The molecule has 4 radical (unpaired) electrons. The maximum absolute atomic E-state index is 2.32. The Kier molecular flexibility index (Phi) is 6.64. The third-order valence-electron chi connectivity index (χ3n) is 4.06. The van der Waals surface area contributed by atoms with Crippen LogP contribution in [0.4, 0.5) is 0 Å². The summed E-state index contributed by atoms with van der Waals surface area (Å²) in [5, 5.41) is 2.94. The summed E-state index contributed by atoms with van der Waals surface area (Å²) < 4.78 is 0. The van der Waals surface area contributed by atoms with Crippen LogP contribution in [0.5, 0.6) is 0 Å². The minimum absolute atomic E-state index is 0.913. The lowest BCUT2D eigenvalue weighted by Gasteiger charge is -2.05. The van der Waals surface area contributed by atoms with Crippen molar-refractivity contribution >= 4 is 29.4 Å². The van der Waals surface area contributed by atoms with Gasteiger partial charge in [0.05, 0.1) is 19.0 Å². The zero-order chi connectivity index (χ0) is 16.5. The number of benzene rings is 3. The average molecular weight is 343 g/mol. The van der Waals surface area contributed by atoms with Crippen LogP contribution < -0.4 is 10.4 Å². The highest BCUT2D eigenvalue weighted by Gasteiger charge is 1.99. The molecule has 0 aliphatic carbocycles. The van der Waals surface area contributed by atoms with Crippen LogP contribution in [-0.2, 0) is 12.8 Å². The van der Waals surface area contributed by atoms with Crippen molar-refractivity contribution in [2.45, 2.75) is 24.9 Å². The summed E-state index contributed by atoms with van der Waals surface area (Å²) in [5.41, 5.74) is 2.93. The Balaban J connectivity index is 1.40. The van der Waals surface area contributed by atoms with Crippen LogP contribution in [0.25, 0.3) is 0 Å². The average Bonchev–Trinajstić information content (AvgIpc) is 2.65. The zero-order valence-electron chi connectivity index (χ0n) is 13.9. The maximum atomic E-state index is 2.32. The first-order valence-electron chi connectivity index (χ1n) is 8.56. The minimum atomic E-state index is 0.913. The molecule has 0 unspecified atom stereocenters. The van der Waals surface area contributed by atoms with E-state index < -0.39 is 0 Å². The number of rotatable bonds is 8. The molecule has 0 aromatic heterocycles. The SMILES string of the molecule is c1ccc([Si]CCc2ccc(CC[Si]c3ccccc3)cc2)cc1. The van der Waals surface area contributed by atoms with E-state index in [-0.39, 0.29) is 0 Å². The largest absolute Gasteiger partial charge is 0.0811 e. The molecule has 0 aliphatic rings. The normalized spacial score (nSPS) is 10.7. The van der Waals surface area contributed by atoms with Crippen molar-refractivity contribution in [2.24, 2.45) is 0 Å². The molecule has 0 atom stereocenters. The molecule has 0 aliphatic heterocycles. The molecule has 24 heavy (non-hydrogen) atoms. The Morgan fingerprint density at radius 3 is 1.21 bits per heavy atom. The number of hydrogen-bond donors (Lipinski definition) is 0. The first kappa shape index (κ1) is 16.9. The maximum Gasteiger partial charge on any atom is 0.0811 e. The molecule has 0 saturated carbocycles. The van der Waals surface area contributed by atoms with Crippen molar-refractivity contribution in [3.05, 3.63) is 96.1 Å². The third-order valence-corrected chi connectivity index (χ3v) is 6.54. The fraction of sp³-hybridized carbons (Fsp3) is 0.182. The van der Waals surface area contributed by atoms with Gasteiger partial charge in [0, 0.05) is 0 Å². The molecule has 0 spiro atoms. The summed E-state index contributed by atoms with van der Waals surface area (Å²) in [6.07, 6.45) is 2.36. The van der Waals surface area contributed by atoms with Gasteiger partial charge in [0.15, 0.2) is 0 Å². The predicted octanol–water partition coefficient (Wildman–Crippen LogP) is 3.67. The lowest BCUT2D eigenvalue weighted by Crippen LogP contribution is -2.13. The fourth-order valence-corrected chi connectivity index (χ4v) is 4.95. The predicted molar refractivity (Wildman–Crippen MR) is 107 cm³/mol. The molecule has 0 N–H and O–H groups in total. The Labute approximate surface area is 150 Å². The van der Waals surface area contributed by atoms with E-state index in [9.17, 15) is 0 Å². The van der Waals surface area contributed by atoms with Crippen molar-refractivity contribution in [3.8, 4) is 0 Å². The summed E-state index contributed by atoms with van der Waals surface area (Å²) in [4.78, 5) is 0. The molecule has 0 fully saturated rings. The summed E-state index contributed by atoms with van der Waals surface area (Å²) in [6.45, 7) is 0. The van der Waals surface area contributed by atoms with Crippen LogP contribution in [0, 0.1) is 0 Å². The summed E-state index contributed by atoms with van der Waals surface area (Å²) in [7, 11) is 1.83. The number of hydrogen-bond acceptors (Lipinski definition) is 0. The zero-order valence-corrected chi connectivity index (χ0v) is 15.9. The number of aryl methyl sites for hydroxylation is 2. The van der Waals surface area contributed by atoms with Gasteiger partial charge in [-0.3, -0.25) is 0 Å². The second-order valence-electron chi connectivity index (χ2n) is 5.90. The molecule has 0 nitrogen and oxygen atoms in total. The Morgan fingerprint density at radius 1 is 0.458 bits per heavy atom. The van der Waals surface area contributed by atoms with Crippen LogP contribution in [0.1, 0.15) is 11.1 Å². The first-order valence-corrected chi connectivity index (χ1v) is 11.0. The topological polar surface area (TPSA) is 0 Å². The third kappa shape index (κ3) is 5.62. The molecule has 3 rings (SSSR count). The molecule has 3 aromatic carbocycles. The summed E-state index contributed by atoms with van der Waals surface area (Å²) in [5.74, 6) is 0. The van der Waals surface area contributed by atoms with Gasteiger partial charge < -0.3 is 0 Å². The van der Waals surface area contributed by atoms with Gasteiger partial charge in [0.1, 0.15) is 0 Å². The molecule has 118 valence electrons. The van der Waals surface area contributed by atoms with Crippen LogP contribution in [0.3, 0.4) is 0 Å². The monoisotopic (exact) mass is 342 g/mol. The highest BCUT2D eigenvalue weighted by molar-refractivity contribution is 6.53. The Bertz CT molecular complexity index is 641. The fourth-order valence-electron chi connectivity index (χ4n) is 2.69. The molecule has 0 saturated heterocycles. The molecule has 0 heterocycles. The van der Waals surface area contributed by atoms with E-state index in [0.717, 1.165) is 19.0 Å². The van der Waals surface area contributed by atoms with Gasteiger partial charge in [0.2, 0.25) is 0 Å². The highest BCUT2D eigenvalue weighted by Crippen LogP contribution is 2.09. The van der Waals surface area contributed by atoms with Gasteiger partial charge in [-0.15, -0.1) is 0 Å². The molecule has 2 heteroatoms. The molecular weight excluding hydrogens is 320 g/mol. The Morgan fingerprint density at radius 2 is 0.833 bits per heavy atom. The molecule has 0 amide bonds. The van der Waals surface area contributed by atoms with E-state index in [2.05, 4.69) is 84.9 Å². The summed E-state index contributed by atoms with van der Waals surface area (Å²) >= 11 is 0. The second-order valence-corrected chi connectivity index (χ2v) is 8.76. The van der Waals surface area contributed by atoms with Crippen molar-refractivity contribution < 1.29 is 0 Å². The van der Waals surface area contributed by atoms with Gasteiger partial charge in [-0.1, -0.05) is 107 Å². The first-order chi connectivity index (χ1) is 11.9. The van der Waals surface area contributed by atoms with E-state index in [1.165, 1.54) is 46.4 Å². The van der Waals surface area contributed by atoms with E-state index in [4.69, 9.17) is 0 Å². The standard InChI is InChI=1S/C22H22Si2/c1-3-7-21(8-4-1)23-17-15-19-11-13-20(14-12-19)16-18-24-22-9-5-2-6-10-22/h1-14H,15-18H2.